The molecule has 2 aromatic carbocycles. The lowest BCUT2D eigenvalue weighted by molar-refractivity contribution is 0.0657. The van der Waals surface area contributed by atoms with Crippen LogP contribution in [0.25, 0.3) is 0 Å². The third kappa shape index (κ3) is 4.12. The van der Waals surface area contributed by atoms with Crippen LogP contribution in [0.4, 0.5) is 14.9 Å². The van der Waals surface area contributed by atoms with Gasteiger partial charge in [0, 0.05) is 11.3 Å². The molecule has 166 valence electrons. The van der Waals surface area contributed by atoms with Crippen LogP contribution in [-0.4, -0.2) is 45.9 Å². The Hall–Kier alpha value is -2.29. The zero-order valence-corrected chi connectivity index (χ0v) is 18.6. The number of amides is 2. The third-order valence-corrected chi connectivity index (χ3v) is 7.44. The van der Waals surface area contributed by atoms with E-state index in [9.17, 15) is 17.9 Å². The lowest BCUT2D eigenvalue weighted by atomic mass is 9.69. The zero-order valence-electron chi connectivity index (χ0n) is 17.8. The van der Waals surface area contributed by atoms with Crippen molar-refractivity contribution in [2.75, 3.05) is 25.5 Å². The fourth-order valence-corrected chi connectivity index (χ4v) is 5.52. The summed E-state index contributed by atoms with van der Waals surface area (Å²) >= 11 is -2.29. The summed E-state index contributed by atoms with van der Waals surface area (Å²) in [5, 5.41) is 3.12. The van der Waals surface area contributed by atoms with Crippen molar-refractivity contribution in [2.45, 2.75) is 42.5 Å². The minimum absolute atomic E-state index is 0.0917. The average molecular weight is 445 g/mol. The largest absolute Gasteiger partial charge is 0.772 e. The first-order valence-corrected chi connectivity index (χ1v) is 11.7. The molecule has 1 heterocycles. The third-order valence-electron chi connectivity index (χ3n) is 6.87. The van der Waals surface area contributed by atoms with E-state index in [1.54, 1.807) is 6.07 Å². The van der Waals surface area contributed by atoms with Crippen molar-refractivity contribution in [1.29, 1.82) is 0 Å². The van der Waals surface area contributed by atoms with Crippen molar-refractivity contribution in [3.05, 3.63) is 65.5 Å². The van der Waals surface area contributed by atoms with Gasteiger partial charge in [0.25, 0.3) is 0 Å². The Kier molecular flexibility index (Phi) is 5.89. The summed E-state index contributed by atoms with van der Waals surface area (Å²) in [6.45, 7) is 0.397. The molecule has 6 nitrogen and oxygen atoms in total. The molecule has 1 spiro atoms. The van der Waals surface area contributed by atoms with E-state index in [1.165, 1.54) is 22.6 Å². The van der Waals surface area contributed by atoms with Gasteiger partial charge >= 0.3 is 6.03 Å². The van der Waals surface area contributed by atoms with Crippen LogP contribution in [0.5, 0.6) is 0 Å². The number of urea groups is 1. The molecular formula is C23H27FN3O3S-. The molecule has 1 unspecified atom stereocenters. The van der Waals surface area contributed by atoms with E-state index in [0.717, 1.165) is 25.7 Å². The molecule has 31 heavy (non-hydrogen) atoms. The van der Waals surface area contributed by atoms with Crippen LogP contribution in [0.15, 0.2) is 48.5 Å². The summed E-state index contributed by atoms with van der Waals surface area (Å²) in [6, 6.07) is 14.4. The van der Waals surface area contributed by atoms with Gasteiger partial charge in [-0.25, -0.2) is 9.18 Å². The molecule has 0 aromatic heterocycles. The normalized spacial score (nSPS) is 27.0. The van der Waals surface area contributed by atoms with Crippen LogP contribution in [0.3, 0.4) is 0 Å². The average Bonchev–Trinajstić information content (AvgIpc) is 3.04. The Morgan fingerprint density at radius 2 is 1.81 bits per heavy atom. The molecule has 1 atom stereocenters. The van der Waals surface area contributed by atoms with Gasteiger partial charge < -0.3 is 9.87 Å². The SMILES string of the molecule is CN(C)C1(c2ccccc2)CCC2(CC1)CN(c1ccc(CS(=O)[O-])cc1F)C(=O)N2. The Morgan fingerprint density at radius 1 is 1.13 bits per heavy atom. The van der Waals surface area contributed by atoms with Gasteiger partial charge in [-0.05, 0) is 63.0 Å². The van der Waals surface area contributed by atoms with Crippen LogP contribution in [0.1, 0.15) is 36.8 Å². The van der Waals surface area contributed by atoms with Crippen molar-refractivity contribution in [3.8, 4) is 0 Å². The Labute approximate surface area is 184 Å². The maximum atomic E-state index is 14.7. The van der Waals surface area contributed by atoms with Crippen molar-refractivity contribution < 1.29 is 17.9 Å². The first-order valence-electron chi connectivity index (χ1n) is 10.4. The van der Waals surface area contributed by atoms with Crippen LogP contribution >= 0.6 is 0 Å². The molecule has 1 N–H and O–H groups in total. The van der Waals surface area contributed by atoms with Crippen molar-refractivity contribution in [3.63, 3.8) is 0 Å². The van der Waals surface area contributed by atoms with Gasteiger partial charge in [0.1, 0.15) is 5.82 Å². The van der Waals surface area contributed by atoms with E-state index < -0.39 is 22.4 Å². The van der Waals surface area contributed by atoms with Gasteiger partial charge in [0.15, 0.2) is 0 Å². The lowest BCUT2D eigenvalue weighted by Crippen LogP contribution is -2.54. The second-order valence-corrected chi connectivity index (χ2v) is 9.72. The summed E-state index contributed by atoms with van der Waals surface area (Å²) < 4.78 is 36.5. The molecule has 2 amide bonds. The van der Waals surface area contributed by atoms with Crippen LogP contribution in [0, 0.1) is 5.82 Å². The Bertz CT molecular complexity index is 991. The number of carbonyl (C=O) groups is 1. The predicted octanol–water partition coefficient (Wildman–Crippen LogP) is 3.50. The van der Waals surface area contributed by atoms with E-state index in [0.29, 0.717) is 12.1 Å². The molecule has 1 aliphatic heterocycles. The molecule has 1 saturated heterocycles. The minimum atomic E-state index is -2.29. The molecule has 2 aliphatic rings. The summed E-state index contributed by atoms with van der Waals surface area (Å²) in [4.78, 5) is 16.5. The Morgan fingerprint density at radius 3 is 2.39 bits per heavy atom. The minimum Gasteiger partial charge on any atom is -0.772 e. The topological polar surface area (TPSA) is 75.7 Å². The van der Waals surface area contributed by atoms with Crippen LogP contribution < -0.4 is 10.2 Å². The predicted molar refractivity (Wildman–Crippen MR) is 118 cm³/mol. The van der Waals surface area contributed by atoms with Crippen LogP contribution in [0.2, 0.25) is 0 Å². The highest BCUT2D eigenvalue weighted by Gasteiger charge is 2.50. The van der Waals surface area contributed by atoms with Crippen molar-refractivity contribution in [1.82, 2.24) is 10.2 Å². The quantitative estimate of drug-likeness (QED) is 0.716. The molecule has 2 fully saturated rings. The molecule has 2 aromatic rings. The van der Waals surface area contributed by atoms with Gasteiger partial charge in [0.05, 0.1) is 17.8 Å². The molecule has 4 rings (SSSR count). The monoisotopic (exact) mass is 444 g/mol. The van der Waals surface area contributed by atoms with Gasteiger partial charge in [-0.15, -0.1) is 0 Å². The van der Waals surface area contributed by atoms with Gasteiger partial charge in [-0.1, -0.05) is 47.5 Å². The summed E-state index contributed by atoms with van der Waals surface area (Å²) in [6.07, 6.45) is 3.35. The number of hydrogen-bond acceptors (Lipinski definition) is 4. The highest BCUT2D eigenvalue weighted by molar-refractivity contribution is 7.78. The molecule has 0 bridgehead atoms. The molecule has 0 radical (unpaired) electrons. The van der Waals surface area contributed by atoms with Crippen molar-refractivity contribution >= 4 is 22.8 Å². The number of hydrogen-bond donors (Lipinski definition) is 1. The van der Waals surface area contributed by atoms with Crippen molar-refractivity contribution in [2.24, 2.45) is 0 Å². The fraction of sp³-hybridized carbons (Fsp3) is 0.435. The first-order chi connectivity index (χ1) is 14.7. The summed E-state index contributed by atoms with van der Waals surface area (Å²) in [7, 11) is 4.19. The highest BCUT2D eigenvalue weighted by atomic mass is 32.2. The van der Waals surface area contributed by atoms with Gasteiger partial charge in [-0.2, -0.15) is 0 Å². The number of rotatable bonds is 5. The number of benzene rings is 2. The zero-order chi connectivity index (χ0) is 22.2. The van der Waals surface area contributed by atoms with E-state index in [4.69, 9.17) is 0 Å². The smallest absolute Gasteiger partial charge is 0.322 e. The number of nitrogens with zero attached hydrogens (tertiary/aromatic N) is 2. The summed E-state index contributed by atoms with van der Waals surface area (Å²) in [5.41, 5.74) is 1.33. The molecule has 1 aliphatic carbocycles. The first kappa shape index (κ1) is 21.9. The molecule has 8 heteroatoms. The van der Waals surface area contributed by atoms with E-state index in [-0.39, 0.29) is 23.0 Å². The maximum Gasteiger partial charge on any atom is 0.322 e. The molecular weight excluding hydrogens is 417 g/mol. The Balaban J connectivity index is 1.53. The maximum absolute atomic E-state index is 14.7. The number of anilines is 1. The number of nitrogens with one attached hydrogen (secondary N) is 1. The van der Waals surface area contributed by atoms with E-state index in [1.807, 2.05) is 6.07 Å². The second kappa shape index (κ2) is 8.33. The number of halogens is 1. The van der Waals surface area contributed by atoms with E-state index >= 15 is 0 Å². The second-order valence-electron chi connectivity index (χ2n) is 8.82. The summed E-state index contributed by atoms with van der Waals surface area (Å²) in [5.74, 6) is -0.836. The standard InChI is InChI=1S/C23H28FN3O3S/c1-26(2)23(18-6-4-3-5-7-18)12-10-22(11-13-23)16-27(21(28)25-22)20-9-8-17(14-19(20)24)15-31(29)30/h3-9,14H,10-13,15-16H2,1-2H3,(H,25,28)(H,29,30)/p-1. The fourth-order valence-electron chi connectivity index (χ4n) is 5.07. The van der Waals surface area contributed by atoms with E-state index in [2.05, 4.69) is 48.6 Å². The molecule has 1 saturated carbocycles. The number of carbonyl (C=O) groups excluding carboxylic acids is 1. The van der Waals surface area contributed by atoms with Gasteiger partial charge in [-0.3, -0.25) is 14.0 Å². The lowest BCUT2D eigenvalue weighted by Gasteiger charge is -2.48. The highest BCUT2D eigenvalue weighted by Crippen LogP contribution is 2.46. The van der Waals surface area contributed by atoms with Gasteiger partial charge in [0.2, 0.25) is 0 Å². The van der Waals surface area contributed by atoms with Crippen LogP contribution in [-0.2, 0) is 22.4 Å².